The van der Waals surface area contributed by atoms with Crippen LogP contribution in [0.15, 0.2) is 25.3 Å². The highest BCUT2D eigenvalue weighted by Gasteiger charge is 2.09. The molecular formula is C8H10ClN3O2. The number of aryl methyl sites for hydroxylation is 1. The van der Waals surface area contributed by atoms with Crippen LogP contribution in [0.4, 0.5) is 0 Å². The average Bonchev–Trinajstić information content (AvgIpc) is 2.42. The molecule has 0 radical (unpaired) electrons. The van der Waals surface area contributed by atoms with Crippen LogP contribution in [0, 0.1) is 0 Å². The smallest absolute Gasteiger partial charge is 0.386 e. The van der Waals surface area contributed by atoms with Gasteiger partial charge in [0, 0.05) is 19.1 Å². The van der Waals surface area contributed by atoms with Crippen molar-refractivity contribution in [1.82, 2.24) is 9.78 Å². The molecule has 0 aliphatic carbocycles. The second-order valence-electron chi connectivity index (χ2n) is 2.64. The number of halogens is 1. The summed E-state index contributed by atoms with van der Waals surface area (Å²) in [6.45, 7) is 1.70. The van der Waals surface area contributed by atoms with Crippen LogP contribution in [-0.2, 0) is 7.05 Å². The highest BCUT2D eigenvalue weighted by Crippen LogP contribution is 2.03. The molecule has 0 saturated carbocycles. The fourth-order valence-electron chi connectivity index (χ4n) is 0.860. The Morgan fingerprint density at radius 1 is 1.71 bits per heavy atom. The normalized spacial score (nSPS) is 13.4. The Morgan fingerprint density at radius 3 is 2.71 bits per heavy atom. The third kappa shape index (κ3) is 2.32. The fourth-order valence-corrected chi connectivity index (χ4v) is 0.963. The molecule has 0 aromatic carbocycles. The second kappa shape index (κ2) is 4.23. The molecule has 0 saturated heterocycles. The molecule has 14 heavy (non-hydrogen) atoms. The maximum atomic E-state index is 11.0. The first-order chi connectivity index (χ1) is 6.54. The number of allylic oxidation sites excluding steroid dienone is 2. The van der Waals surface area contributed by atoms with Gasteiger partial charge in [0.15, 0.2) is 0 Å². The number of hydrogen-bond donors (Lipinski definition) is 0. The van der Waals surface area contributed by atoms with E-state index in [4.69, 9.17) is 16.0 Å². The van der Waals surface area contributed by atoms with E-state index in [-0.39, 0.29) is 5.89 Å². The lowest BCUT2D eigenvalue weighted by molar-refractivity contribution is 0.488. The van der Waals surface area contributed by atoms with E-state index in [2.05, 4.69) is 10.1 Å². The topological polar surface area (TPSA) is 60.4 Å². The molecular weight excluding hydrogens is 206 g/mol. The fraction of sp³-hybridized carbons (Fsp3) is 0.375. The molecule has 1 rings (SSSR count). The Kier molecular flexibility index (Phi) is 3.24. The molecule has 6 heteroatoms. The SMILES string of the molecule is CN=C(/C=C(\C)Cl)c1nn(C)c(=O)o1. The zero-order valence-corrected chi connectivity index (χ0v) is 8.87. The summed E-state index contributed by atoms with van der Waals surface area (Å²) in [5.74, 6) is -0.359. The minimum absolute atomic E-state index is 0.167. The van der Waals surface area contributed by atoms with Gasteiger partial charge < -0.3 is 4.42 Å². The quantitative estimate of drug-likeness (QED) is 0.690. The minimum atomic E-state index is -0.526. The van der Waals surface area contributed by atoms with Gasteiger partial charge in [0.1, 0.15) is 5.71 Å². The van der Waals surface area contributed by atoms with Gasteiger partial charge in [0.2, 0.25) is 0 Å². The van der Waals surface area contributed by atoms with Crippen LogP contribution in [0.2, 0.25) is 0 Å². The summed E-state index contributed by atoms with van der Waals surface area (Å²) in [5, 5.41) is 4.38. The first kappa shape index (κ1) is 10.7. The van der Waals surface area contributed by atoms with Gasteiger partial charge in [0.25, 0.3) is 5.89 Å². The predicted molar refractivity (Wildman–Crippen MR) is 53.8 cm³/mol. The van der Waals surface area contributed by atoms with Crippen molar-refractivity contribution in [2.75, 3.05) is 7.05 Å². The van der Waals surface area contributed by atoms with Gasteiger partial charge in [-0.25, -0.2) is 4.79 Å². The predicted octanol–water partition coefficient (Wildman–Crippen LogP) is 0.935. The van der Waals surface area contributed by atoms with Crippen molar-refractivity contribution in [2.45, 2.75) is 6.92 Å². The molecule has 0 N–H and O–H groups in total. The standard InChI is InChI=1S/C8H10ClN3O2/c1-5(9)4-6(10-2)7-11-12(3)8(13)14-7/h4H,1-3H3/b5-4+,10-6?. The Labute approximate surface area is 85.7 Å². The molecule has 0 atom stereocenters. The Bertz CT molecular complexity index is 438. The van der Waals surface area contributed by atoms with Gasteiger partial charge in [-0.1, -0.05) is 11.6 Å². The largest absolute Gasteiger partial charge is 0.437 e. The maximum Gasteiger partial charge on any atom is 0.437 e. The molecule has 0 spiro atoms. The molecule has 1 heterocycles. The molecule has 0 bridgehead atoms. The summed E-state index contributed by atoms with van der Waals surface area (Å²) in [4.78, 5) is 14.9. The van der Waals surface area contributed by atoms with Gasteiger partial charge in [0.05, 0.1) is 0 Å². The molecule has 0 amide bonds. The van der Waals surface area contributed by atoms with Crippen LogP contribution in [0.1, 0.15) is 12.8 Å². The highest BCUT2D eigenvalue weighted by molar-refractivity contribution is 6.31. The average molecular weight is 216 g/mol. The monoisotopic (exact) mass is 215 g/mol. The van der Waals surface area contributed by atoms with Crippen LogP contribution in [0.25, 0.3) is 0 Å². The Morgan fingerprint density at radius 2 is 2.36 bits per heavy atom. The molecule has 76 valence electrons. The number of aromatic nitrogens is 2. The number of aliphatic imine (C=N–C) groups is 1. The van der Waals surface area contributed by atoms with Gasteiger partial charge in [-0.05, 0) is 13.0 Å². The lowest BCUT2D eigenvalue weighted by atomic mass is 10.3. The van der Waals surface area contributed by atoms with Crippen LogP contribution in [0.5, 0.6) is 0 Å². The van der Waals surface area contributed by atoms with Crippen molar-refractivity contribution in [1.29, 1.82) is 0 Å². The maximum absolute atomic E-state index is 11.0. The Hall–Kier alpha value is -1.36. The third-order valence-corrected chi connectivity index (χ3v) is 1.59. The van der Waals surface area contributed by atoms with E-state index >= 15 is 0 Å². The lowest BCUT2D eigenvalue weighted by Gasteiger charge is -1.92. The lowest BCUT2D eigenvalue weighted by Crippen LogP contribution is -2.09. The number of nitrogens with zero attached hydrogens (tertiary/aromatic N) is 3. The van der Waals surface area contributed by atoms with Crippen molar-refractivity contribution in [3.8, 4) is 0 Å². The van der Waals surface area contributed by atoms with E-state index in [1.54, 1.807) is 20.0 Å². The molecule has 1 aromatic rings. The van der Waals surface area contributed by atoms with Crippen LogP contribution >= 0.6 is 11.6 Å². The van der Waals surface area contributed by atoms with E-state index in [1.165, 1.54) is 7.05 Å². The summed E-state index contributed by atoms with van der Waals surface area (Å²) in [5.41, 5.74) is 0.440. The van der Waals surface area contributed by atoms with Crippen molar-refractivity contribution in [2.24, 2.45) is 12.0 Å². The Balaban J connectivity index is 3.15. The highest BCUT2D eigenvalue weighted by atomic mass is 35.5. The van der Waals surface area contributed by atoms with E-state index in [1.807, 2.05) is 0 Å². The van der Waals surface area contributed by atoms with Crippen molar-refractivity contribution in [3.63, 3.8) is 0 Å². The molecule has 1 aromatic heterocycles. The van der Waals surface area contributed by atoms with E-state index in [9.17, 15) is 4.79 Å². The minimum Gasteiger partial charge on any atom is -0.386 e. The number of hydrogen-bond acceptors (Lipinski definition) is 4. The molecule has 0 aliphatic heterocycles. The van der Waals surface area contributed by atoms with E-state index in [0.717, 1.165) is 4.68 Å². The zero-order valence-electron chi connectivity index (χ0n) is 8.11. The summed E-state index contributed by atoms with van der Waals surface area (Å²) in [6, 6.07) is 0. The molecule has 0 unspecified atom stereocenters. The van der Waals surface area contributed by atoms with E-state index < -0.39 is 5.76 Å². The molecule has 0 fully saturated rings. The van der Waals surface area contributed by atoms with Crippen LogP contribution < -0.4 is 5.76 Å². The first-order valence-electron chi connectivity index (χ1n) is 3.89. The van der Waals surface area contributed by atoms with Gasteiger partial charge in [-0.3, -0.25) is 4.99 Å². The van der Waals surface area contributed by atoms with Crippen LogP contribution in [-0.4, -0.2) is 22.5 Å². The van der Waals surface area contributed by atoms with E-state index in [0.29, 0.717) is 10.7 Å². The van der Waals surface area contributed by atoms with Crippen molar-refractivity contribution < 1.29 is 4.42 Å². The summed E-state index contributed by atoms with van der Waals surface area (Å²) in [6.07, 6.45) is 1.58. The molecule has 5 nitrogen and oxygen atoms in total. The first-order valence-corrected chi connectivity index (χ1v) is 4.27. The van der Waals surface area contributed by atoms with Gasteiger partial charge in [-0.2, -0.15) is 4.68 Å². The molecule has 0 aliphatic rings. The van der Waals surface area contributed by atoms with Gasteiger partial charge >= 0.3 is 5.76 Å². The summed E-state index contributed by atoms with van der Waals surface area (Å²) >= 11 is 5.67. The van der Waals surface area contributed by atoms with Crippen molar-refractivity contribution >= 4 is 17.3 Å². The zero-order chi connectivity index (χ0) is 10.7. The number of rotatable bonds is 2. The van der Waals surface area contributed by atoms with Crippen molar-refractivity contribution in [3.05, 3.63) is 27.5 Å². The summed E-state index contributed by atoms with van der Waals surface area (Å²) < 4.78 is 5.93. The van der Waals surface area contributed by atoms with Gasteiger partial charge in [-0.15, -0.1) is 5.10 Å². The summed E-state index contributed by atoms with van der Waals surface area (Å²) in [7, 11) is 3.07. The second-order valence-corrected chi connectivity index (χ2v) is 3.23. The van der Waals surface area contributed by atoms with Crippen LogP contribution in [0.3, 0.4) is 0 Å². The third-order valence-electron chi connectivity index (χ3n) is 1.48.